The number of carbonyl (C=O) groups is 1. The van der Waals surface area contributed by atoms with Crippen molar-refractivity contribution in [2.45, 2.75) is 12.5 Å². The predicted molar refractivity (Wildman–Crippen MR) is 99.0 cm³/mol. The zero-order chi connectivity index (χ0) is 17.2. The van der Waals surface area contributed by atoms with Crippen LogP contribution in [0, 0.1) is 5.82 Å². The topological polar surface area (TPSA) is 44.4 Å². The fourth-order valence-corrected chi connectivity index (χ4v) is 3.44. The number of anilines is 2. The van der Waals surface area contributed by atoms with E-state index in [1.807, 2.05) is 24.3 Å². The quantitative estimate of drug-likeness (QED) is 0.828. The van der Waals surface area contributed by atoms with Gasteiger partial charge in [-0.15, -0.1) is 0 Å². The van der Waals surface area contributed by atoms with Gasteiger partial charge >= 0.3 is 0 Å². The largest absolute Gasteiger partial charge is 0.364 e. The van der Waals surface area contributed by atoms with Crippen molar-refractivity contribution in [1.82, 2.24) is 5.32 Å². The summed E-state index contributed by atoms with van der Waals surface area (Å²) < 4.78 is 13.0. The van der Waals surface area contributed by atoms with Crippen LogP contribution in [0.3, 0.4) is 0 Å². The Balaban J connectivity index is 1.65. The molecule has 0 bridgehead atoms. The number of rotatable bonds is 2. The number of fused-ring (bicyclic) bond motifs is 3. The van der Waals surface area contributed by atoms with Gasteiger partial charge in [0.1, 0.15) is 5.82 Å². The third-order valence-corrected chi connectivity index (χ3v) is 4.71. The van der Waals surface area contributed by atoms with Gasteiger partial charge in [-0.3, -0.25) is 4.79 Å². The lowest BCUT2D eigenvalue weighted by Gasteiger charge is -2.36. The Labute approximate surface area is 146 Å². The highest BCUT2D eigenvalue weighted by molar-refractivity contribution is 5.97. The molecular weight excluding hydrogens is 317 g/mol. The second-order valence-corrected chi connectivity index (χ2v) is 6.47. The van der Waals surface area contributed by atoms with Gasteiger partial charge in [0.15, 0.2) is 0 Å². The van der Waals surface area contributed by atoms with Gasteiger partial charge in [0.2, 0.25) is 5.91 Å². The number of piperazine rings is 1. The first-order valence-corrected chi connectivity index (χ1v) is 8.54. The number of benzene rings is 2. The third kappa shape index (κ3) is 3.42. The molecule has 2 heterocycles. The van der Waals surface area contributed by atoms with Gasteiger partial charge in [-0.25, -0.2) is 4.39 Å². The molecule has 5 heteroatoms. The van der Waals surface area contributed by atoms with Crippen LogP contribution in [0.4, 0.5) is 15.8 Å². The molecule has 2 N–H and O–H groups in total. The molecule has 0 saturated carbocycles. The van der Waals surface area contributed by atoms with Crippen LogP contribution < -0.4 is 15.5 Å². The fourth-order valence-electron chi connectivity index (χ4n) is 3.44. The van der Waals surface area contributed by atoms with Crippen LogP contribution in [0.1, 0.15) is 17.5 Å². The predicted octanol–water partition coefficient (Wildman–Crippen LogP) is 3.12. The normalized spacial score (nSPS) is 20.0. The lowest BCUT2D eigenvalue weighted by molar-refractivity contribution is -0.116. The van der Waals surface area contributed by atoms with Crippen molar-refractivity contribution < 1.29 is 9.18 Å². The van der Waals surface area contributed by atoms with E-state index in [4.69, 9.17) is 0 Å². The van der Waals surface area contributed by atoms with Gasteiger partial charge in [-0.05, 0) is 35.4 Å². The van der Waals surface area contributed by atoms with Crippen LogP contribution in [0.5, 0.6) is 0 Å². The average Bonchev–Trinajstić information content (AvgIpc) is 2.76. The molecule has 0 spiro atoms. The molecule has 1 atom stereocenters. The summed E-state index contributed by atoms with van der Waals surface area (Å²) in [5.74, 6) is -0.172. The van der Waals surface area contributed by atoms with E-state index in [9.17, 15) is 9.18 Å². The second kappa shape index (κ2) is 6.69. The van der Waals surface area contributed by atoms with E-state index in [2.05, 4.69) is 21.6 Å². The van der Waals surface area contributed by atoms with E-state index >= 15 is 0 Å². The molecule has 2 aliphatic heterocycles. The van der Waals surface area contributed by atoms with Gasteiger partial charge in [0.25, 0.3) is 0 Å². The number of hydrogen-bond acceptors (Lipinski definition) is 3. The van der Waals surface area contributed by atoms with Crippen molar-refractivity contribution in [3.63, 3.8) is 0 Å². The van der Waals surface area contributed by atoms with Gasteiger partial charge in [0, 0.05) is 26.1 Å². The van der Waals surface area contributed by atoms with E-state index in [0.717, 1.165) is 42.1 Å². The van der Waals surface area contributed by atoms with Gasteiger partial charge in [-0.2, -0.15) is 0 Å². The zero-order valence-electron chi connectivity index (χ0n) is 13.8. The second-order valence-electron chi connectivity index (χ2n) is 6.47. The van der Waals surface area contributed by atoms with E-state index in [1.54, 1.807) is 12.1 Å². The lowest BCUT2D eigenvalue weighted by atomic mass is 10.1. The summed E-state index contributed by atoms with van der Waals surface area (Å²) in [6, 6.07) is 12.7. The Bertz CT molecular complexity index is 816. The van der Waals surface area contributed by atoms with Crippen LogP contribution >= 0.6 is 0 Å². The molecule has 1 amide bonds. The Kier molecular flexibility index (Phi) is 4.24. The van der Waals surface area contributed by atoms with Crippen molar-refractivity contribution in [3.8, 4) is 0 Å². The SMILES string of the molecule is O=C1CC2CNCCN2c2cc(/C=C/c3ccc(F)cc3)ccc2N1. The highest BCUT2D eigenvalue weighted by Gasteiger charge is 2.29. The molecule has 0 aromatic heterocycles. The standard InChI is InChI=1S/C20H20FN3O/c21-16-6-3-14(4-7-16)1-2-15-5-8-18-19(11-15)24-10-9-22-13-17(24)12-20(25)23-18/h1-8,11,17,22H,9-10,12-13H2,(H,23,25)/b2-1+. The van der Waals surface area contributed by atoms with Crippen molar-refractivity contribution in [2.24, 2.45) is 0 Å². The number of nitrogens with one attached hydrogen (secondary N) is 2. The summed E-state index contributed by atoms with van der Waals surface area (Å²) in [6.45, 7) is 2.63. The van der Waals surface area contributed by atoms with Crippen LogP contribution in [0.15, 0.2) is 42.5 Å². The molecule has 4 nitrogen and oxygen atoms in total. The first kappa shape index (κ1) is 15.8. The molecule has 2 aromatic rings. The first-order chi connectivity index (χ1) is 12.2. The maximum absolute atomic E-state index is 13.0. The number of nitrogens with zero attached hydrogens (tertiary/aromatic N) is 1. The Morgan fingerprint density at radius 1 is 1.08 bits per heavy atom. The summed E-state index contributed by atoms with van der Waals surface area (Å²) in [7, 11) is 0. The third-order valence-electron chi connectivity index (χ3n) is 4.71. The van der Waals surface area contributed by atoms with E-state index < -0.39 is 0 Å². The number of hydrogen-bond donors (Lipinski definition) is 2. The molecular formula is C20H20FN3O. The van der Waals surface area contributed by atoms with Crippen LogP contribution in [0.25, 0.3) is 12.2 Å². The van der Waals surface area contributed by atoms with E-state index in [0.29, 0.717) is 6.42 Å². The minimum absolute atomic E-state index is 0.0621. The van der Waals surface area contributed by atoms with E-state index in [1.165, 1.54) is 12.1 Å². The molecule has 1 fully saturated rings. The monoisotopic (exact) mass is 337 g/mol. The fraction of sp³-hybridized carbons (Fsp3) is 0.250. The number of carbonyl (C=O) groups excluding carboxylic acids is 1. The number of amides is 1. The highest BCUT2D eigenvalue weighted by Crippen LogP contribution is 2.33. The highest BCUT2D eigenvalue weighted by atomic mass is 19.1. The smallest absolute Gasteiger partial charge is 0.226 e. The Hall–Kier alpha value is -2.66. The molecule has 0 radical (unpaired) electrons. The van der Waals surface area contributed by atoms with Crippen molar-refractivity contribution in [3.05, 3.63) is 59.4 Å². The van der Waals surface area contributed by atoms with Crippen LogP contribution in [-0.4, -0.2) is 31.6 Å². The van der Waals surface area contributed by atoms with E-state index in [-0.39, 0.29) is 17.8 Å². The van der Waals surface area contributed by atoms with Gasteiger partial charge < -0.3 is 15.5 Å². The molecule has 128 valence electrons. The number of halogens is 1. The van der Waals surface area contributed by atoms with Crippen molar-refractivity contribution in [2.75, 3.05) is 29.9 Å². The van der Waals surface area contributed by atoms with Crippen molar-refractivity contribution in [1.29, 1.82) is 0 Å². The summed E-state index contributed by atoms with van der Waals surface area (Å²) in [6.07, 6.45) is 4.48. The minimum atomic E-state index is -0.234. The summed E-state index contributed by atoms with van der Waals surface area (Å²) in [4.78, 5) is 14.4. The minimum Gasteiger partial charge on any atom is -0.364 e. The first-order valence-electron chi connectivity index (χ1n) is 8.54. The molecule has 2 aliphatic rings. The molecule has 1 saturated heterocycles. The van der Waals surface area contributed by atoms with Crippen LogP contribution in [0.2, 0.25) is 0 Å². The maximum atomic E-state index is 13.0. The Morgan fingerprint density at radius 2 is 1.84 bits per heavy atom. The summed E-state index contributed by atoms with van der Waals surface area (Å²) in [5.41, 5.74) is 3.94. The lowest BCUT2D eigenvalue weighted by Crippen LogP contribution is -2.51. The van der Waals surface area contributed by atoms with Crippen molar-refractivity contribution >= 4 is 29.4 Å². The maximum Gasteiger partial charge on any atom is 0.226 e. The summed E-state index contributed by atoms with van der Waals surface area (Å²) >= 11 is 0. The summed E-state index contributed by atoms with van der Waals surface area (Å²) in [5, 5.41) is 6.37. The molecule has 4 rings (SSSR count). The van der Waals surface area contributed by atoms with Gasteiger partial charge in [0.05, 0.1) is 17.4 Å². The molecule has 1 unspecified atom stereocenters. The Morgan fingerprint density at radius 3 is 2.68 bits per heavy atom. The molecule has 25 heavy (non-hydrogen) atoms. The van der Waals surface area contributed by atoms with Crippen LogP contribution in [-0.2, 0) is 4.79 Å². The average molecular weight is 337 g/mol. The molecule has 2 aromatic carbocycles. The van der Waals surface area contributed by atoms with Gasteiger partial charge in [-0.1, -0.05) is 30.4 Å². The zero-order valence-corrected chi connectivity index (χ0v) is 13.8. The molecule has 0 aliphatic carbocycles.